The van der Waals surface area contributed by atoms with E-state index >= 15 is 0 Å². The maximum atomic E-state index is 12.5. The molecule has 1 aromatic carbocycles. The Morgan fingerprint density at radius 1 is 1.26 bits per heavy atom. The van der Waals surface area contributed by atoms with E-state index in [1.807, 2.05) is 38.1 Å². The van der Waals surface area contributed by atoms with Crippen LogP contribution in [0.2, 0.25) is 0 Å². The van der Waals surface area contributed by atoms with E-state index in [0.717, 1.165) is 36.3 Å². The molecule has 0 saturated carbocycles. The Morgan fingerprint density at radius 3 is 2.84 bits per heavy atom. The summed E-state index contributed by atoms with van der Waals surface area (Å²) in [5.41, 5.74) is 2.50. The molecule has 1 amide bonds. The first kappa shape index (κ1) is 21.4. The van der Waals surface area contributed by atoms with Crippen LogP contribution in [0.1, 0.15) is 32.3 Å². The number of ether oxygens (including phenoxy) is 3. The number of benzene rings is 1. The highest BCUT2D eigenvalue weighted by molar-refractivity contribution is 5.77. The summed E-state index contributed by atoms with van der Waals surface area (Å²) in [6.07, 6.45) is 2.76. The predicted molar refractivity (Wildman–Crippen MR) is 116 cm³/mol. The molecule has 1 fully saturated rings. The fourth-order valence-electron chi connectivity index (χ4n) is 4.11. The number of likely N-dealkylation sites (N-methyl/N-ethyl adjacent to an activating group) is 1. The molecule has 2 aliphatic rings. The summed E-state index contributed by atoms with van der Waals surface area (Å²) >= 11 is 0. The number of hydrogen-bond acceptors (Lipinski definition) is 6. The van der Waals surface area contributed by atoms with Gasteiger partial charge in [-0.25, -0.2) is 4.79 Å². The monoisotopic (exact) mass is 427 g/mol. The first-order valence-electron chi connectivity index (χ1n) is 11.0. The van der Waals surface area contributed by atoms with Gasteiger partial charge in [0.25, 0.3) is 5.91 Å². The van der Waals surface area contributed by atoms with Gasteiger partial charge < -0.3 is 19.1 Å². The number of rotatable bonds is 8. The van der Waals surface area contributed by atoms with E-state index in [1.54, 1.807) is 9.47 Å². The van der Waals surface area contributed by atoms with Crippen LogP contribution in [-0.4, -0.2) is 59.4 Å². The summed E-state index contributed by atoms with van der Waals surface area (Å²) in [6, 6.07) is 7.54. The van der Waals surface area contributed by atoms with E-state index in [2.05, 4.69) is 4.98 Å². The highest BCUT2D eigenvalue weighted by Gasteiger charge is 2.21. The summed E-state index contributed by atoms with van der Waals surface area (Å²) in [5, 5.41) is 0. The van der Waals surface area contributed by atoms with Crippen LogP contribution in [0.25, 0.3) is 11.3 Å². The van der Waals surface area contributed by atoms with Gasteiger partial charge in [-0.1, -0.05) is 0 Å². The van der Waals surface area contributed by atoms with E-state index < -0.39 is 0 Å². The lowest BCUT2D eigenvalue weighted by atomic mass is 9.97. The van der Waals surface area contributed by atoms with Crippen molar-refractivity contribution in [1.82, 2.24) is 14.5 Å². The van der Waals surface area contributed by atoms with Gasteiger partial charge in [0.2, 0.25) is 5.88 Å². The third-order valence-corrected chi connectivity index (χ3v) is 5.86. The molecule has 1 saturated heterocycles. The van der Waals surface area contributed by atoms with Crippen LogP contribution in [0.4, 0.5) is 0 Å². The molecule has 1 unspecified atom stereocenters. The van der Waals surface area contributed by atoms with Crippen molar-refractivity contribution in [2.24, 2.45) is 0 Å². The molecule has 0 spiro atoms. The van der Waals surface area contributed by atoms with Crippen molar-refractivity contribution >= 4 is 5.91 Å². The molecule has 3 heterocycles. The zero-order chi connectivity index (χ0) is 21.8. The molecule has 0 bridgehead atoms. The highest BCUT2D eigenvalue weighted by atomic mass is 16.5. The van der Waals surface area contributed by atoms with Gasteiger partial charge in [0.05, 0.1) is 11.8 Å². The molecule has 31 heavy (non-hydrogen) atoms. The fourth-order valence-corrected chi connectivity index (χ4v) is 4.11. The van der Waals surface area contributed by atoms with Gasteiger partial charge in [-0.2, -0.15) is 4.98 Å². The molecule has 8 nitrogen and oxygen atoms in total. The molecule has 0 radical (unpaired) electrons. The smallest absolute Gasteiger partial charge is 0.351 e. The topological polar surface area (TPSA) is 82.9 Å². The number of aryl methyl sites for hydroxylation is 1. The number of carbonyl (C=O) groups excluding carboxylic acids is 1. The van der Waals surface area contributed by atoms with Crippen LogP contribution < -0.4 is 15.2 Å². The van der Waals surface area contributed by atoms with Gasteiger partial charge in [0, 0.05) is 37.9 Å². The molecule has 2 aromatic rings. The molecule has 4 rings (SSSR count). The number of hydrogen-bond donors (Lipinski definition) is 0. The quantitative estimate of drug-likeness (QED) is 0.643. The van der Waals surface area contributed by atoms with Gasteiger partial charge >= 0.3 is 5.69 Å². The number of carbonyl (C=O) groups is 1. The molecule has 8 heteroatoms. The molecule has 0 aliphatic carbocycles. The molecule has 1 atom stereocenters. The fraction of sp³-hybridized carbons (Fsp3) is 0.522. The second-order valence-electron chi connectivity index (χ2n) is 7.78. The average Bonchev–Trinajstić information content (AvgIpc) is 3.30. The van der Waals surface area contributed by atoms with Crippen LogP contribution in [0.15, 0.2) is 29.1 Å². The normalized spacial score (nSPS) is 17.0. The Morgan fingerprint density at radius 2 is 2.10 bits per heavy atom. The summed E-state index contributed by atoms with van der Waals surface area (Å²) in [7, 11) is 0. The highest BCUT2D eigenvalue weighted by Crippen LogP contribution is 2.32. The lowest BCUT2D eigenvalue weighted by Crippen LogP contribution is -2.34. The SMILES string of the molecule is CCN(CC)C(=O)COc1ccc2c(c1)CCn1c-2cc(OCC2CCCO2)nc1=O. The molecule has 1 aromatic heterocycles. The van der Waals surface area contributed by atoms with E-state index in [4.69, 9.17) is 14.2 Å². The van der Waals surface area contributed by atoms with Crippen molar-refractivity contribution in [2.45, 2.75) is 45.8 Å². The lowest BCUT2D eigenvalue weighted by Gasteiger charge is -2.23. The first-order valence-corrected chi connectivity index (χ1v) is 11.0. The van der Waals surface area contributed by atoms with Gasteiger partial charge in [-0.15, -0.1) is 0 Å². The zero-order valence-corrected chi connectivity index (χ0v) is 18.1. The Hall–Kier alpha value is -2.87. The van der Waals surface area contributed by atoms with E-state index in [9.17, 15) is 9.59 Å². The van der Waals surface area contributed by atoms with Crippen molar-refractivity contribution in [2.75, 3.05) is 32.9 Å². The second-order valence-corrected chi connectivity index (χ2v) is 7.78. The molecule has 2 aliphatic heterocycles. The number of fused-ring (bicyclic) bond motifs is 3. The van der Waals surface area contributed by atoms with Crippen LogP contribution in [-0.2, 0) is 22.5 Å². The standard InChI is InChI=1S/C23H29N3O5/c1-3-25(4-2)22(27)15-30-17-7-8-19-16(12-17)9-10-26-20(19)13-21(24-23(26)28)31-14-18-6-5-11-29-18/h7-8,12-13,18H,3-6,9-11,14-15H2,1-2H3. The summed E-state index contributed by atoms with van der Waals surface area (Å²) in [6.45, 7) is 6.95. The van der Waals surface area contributed by atoms with Crippen LogP contribution >= 0.6 is 0 Å². The summed E-state index contributed by atoms with van der Waals surface area (Å²) in [4.78, 5) is 30.5. The van der Waals surface area contributed by atoms with Gasteiger partial charge in [0.1, 0.15) is 12.4 Å². The first-order chi connectivity index (χ1) is 15.1. The molecule has 0 N–H and O–H groups in total. The Balaban J connectivity index is 1.50. The Kier molecular flexibility index (Phi) is 6.56. The summed E-state index contributed by atoms with van der Waals surface area (Å²) < 4.78 is 18.8. The maximum absolute atomic E-state index is 12.5. The number of aromatic nitrogens is 2. The lowest BCUT2D eigenvalue weighted by molar-refractivity contribution is -0.132. The van der Waals surface area contributed by atoms with Crippen LogP contribution in [0.5, 0.6) is 11.6 Å². The Labute approximate surface area is 181 Å². The number of amides is 1. The van der Waals surface area contributed by atoms with Crippen LogP contribution in [0, 0.1) is 0 Å². The van der Waals surface area contributed by atoms with E-state index in [-0.39, 0.29) is 24.3 Å². The predicted octanol–water partition coefficient (Wildman–Crippen LogP) is 2.27. The molecular weight excluding hydrogens is 398 g/mol. The van der Waals surface area contributed by atoms with E-state index in [1.165, 1.54) is 0 Å². The van der Waals surface area contributed by atoms with Crippen molar-refractivity contribution in [3.05, 3.63) is 40.3 Å². The van der Waals surface area contributed by atoms with Crippen molar-refractivity contribution in [3.63, 3.8) is 0 Å². The van der Waals surface area contributed by atoms with Gasteiger partial charge in [-0.05, 0) is 56.9 Å². The maximum Gasteiger partial charge on any atom is 0.351 e. The number of nitrogens with zero attached hydrogens (tertiary/aromatic N) is 3. The second kappa shape index (κ2) is 9.51. The average molecular weight is 428 g/mol. The minimum absolute atomic E-state index is 0.0155. The van der Waals surface area contributed by atoms with Gasteiger partial charge in [0.15, 0.2) is 6.61 Å². The zero-order valence-electron chi connectivity index (χ0n) is 18.1. The Bertz CT molecular complexity index is 993. The van der Waals surface area contributed by atoms with Gasteiger partial charge in [-0.3, -0.25) is 9.36 Å². The van der Waals surface area contributed by atoms with Crippen molar-refractivity contribution in [1.29, 1.82) is 0 Å². The minimum Gasteiger partial charge on any atom is -0.484 e. The third kappa shape index (κ3) is 4.74. The minimum atomic E-state index is -0.310. The summed E-state index contributed by atoms with van der Waals surface area (Å²) in [5.74, 6) is 0.947. The molecular formula is C23H29N3O5. The van der Waals surface area contributed by atoms with E-state index in [0.29, 0.717) is 44.3 Å². The third-order valence-electron chi connectivity index (χ3n) is 5.86. The van der Waals surface area contributed by atoms with Crippen LogP contribution in [0.3, 0.4) is 0 Å². The van der Waals surface area contributed by atoms with Crippen molar-refractivity contribution in [3.8, 4) is 22.9 Å². The largest absolute Gasteiger partial charge is 0.484 e. The van der Waals surface area contributed by atoms with Crippen molar-refractivity contribution < 1.29 is 19.0 Å². The molecule has 166 valence electrons.